The first-order valence-corrected chi connectivity index (χ1v) is 8.61. The van der Waals surface area contributed by atoms with Gasteiger partial charge < -0.3 is 5.11 Å². The van der Waals surface area contributed by atoms with E-state index in [1.165, 1.54) is 4.31 Å². The van der Waals surface area contributed by atoms with Gasteiger partial charge in [0.15, 0.2) is 0 Å². The number of rotatable bonds is 7. The van der Waals surface area contributed by atoms with Gasteiger partial charge >= 0.3 is 5.97 Å². The molecule has 2 rings (SSSR count). The lowest BCUT2D eigenvalue weighted by Crippen LogP contribution is -2.42. The first-order valence-electron chi connectivity index (χ1n) is 7.17. The van der Waals surface area contributed by atoms with Gasteiger partial charge in [0.1, 0.15) is 0 Å². The zero-order valence-corrected chi connectivity index (χ0v) is 13.1. The molecule has 7 heteroatoms. The van der Waals surface area contributed by atoms with Gasteiger partial charge in [0.25, 0.3) is 10.2 Å². The Bertz CT molecular complexity index is 655. The van der Waals surface area contributed by atoms with Gasteiger partial charge in [-0.3, -0.25) is 4.79 Å². The number of carboxylic acid groups (broad SMARTS) is 1. The maximum atomic E-state index is 12.2. The van der Waals surface area contributed by atoms with E-state index in [4.69, 9.17) is 5.11 Å². The highest BCUT2D eigenvalue weighted by molar-refractivity contribution is 7.87. The summed E-state index contributed by atoms with van der Waals surface area (Å²) in [5.41, 5.74) is 1.71. The summed E-state index contributed by atoms with van der Waals surface area (Å²) < 4.78 is 28.3. The standard InChI is InChI=1S/C15H20N2O4S/c18-15(19)8-7-13-5-4-6-14(11-13)12-16-22(20,21)17-9-2-1-3-10-17/h1-2,4-6,11,16H,3,7-10,12H2,(H,18,19). The van der Waals surface area contributed by atoms with Gasteiger partial charge in [0, 0.05) is 26.1 Å². The molecular formula is C15H20N2O4S. The smallest absolute Gasteiger partial charge is 0.303 e. The fourth-order valence-electron chi connectivity index (χ4n) is 2.25. The zero-order valence-electron chi connectivity index (χ0n) is 12.2. The average Bonchev–Trinajstić information content (AvgIpc) is 2.52. The Morgan fingerprint density at radius 2 is 2.05 bits per heavy atom. The van der Waals surface area contributed by atoms with Crippen molar-refractivity contribution in [3.05, 3.63) is 47.5 Å². The Morgan fingerprint density at radius 3 is 2.73 bits per heavy atom. The summed E-state index contributed by atoms with van der Waals surface area (Å²) in [5, 5.41) is 8.70. The van der Waals surface area contributed by atoms with Gasteiger partial charge in [-0.25, -0.2) is 0 Å². The van der Waals surface area contributed by atoms with Crippen LogP contribution in [0.1, 0.15) is 24.0 Å². The minimum absolute atomic E-state index is 0.0648. The molecule has 0 amide bonds. The maximum Gasteiger partial charge on any atom is 0.303 e. The Balaban J connectivity index is 1.94. The Morgan fingerprint density at radius 1 is 1.27 bits per heavy atom. The van der Waals surface area contributed by atoms with Gasteiger partial charge in [-0.15, -0.1) is 0 Å². The summed E-state index contributed by atoms with van der Waals surface area (Å²) in [4.78, 5) is 10.6. The molecule has 0 saturated carbocycles. The first-order chi connectivity index (χ1) is 10.5. The Hall–Kier alpha value is -1.70. The van der Waals surface area contributed by atoms with Crippen LogP contribution in [-0.4, -0.2) is 36.9 Å². The van der Waals surface area contributed by atoms with Crippen molar-refractivity contribution in [3.8, 4) is 0 Å². The second-order valence-electron chi connectivity index (χ2n) is 5.16. The Kier molecular flexibility index (Phi) is 5.70. The van der Waals surface area contributed by atoms with E-state index in [9.17, 15) is 13.2 Å². The van der Waals surface area contributed by atoms with Crippen LogP contribution in [0.4, 0.5) is 0 Å². The number of nitrogens with zero attached hydrogens (tertiary/aromatic N) is 1. The second kappa shape index (κ2) is 7.53. The Labute approximate surface area is 130 Å². The normalized spacial score (nSPS) is 15.8. The third-order valence-electron chi connectivity index (χ3n) is 3.44. The van der Waals surface area contributed by atoms with Crippen LogP contribution in [0.15, 0.2) is 36.4 Å². The summed E-state index contributed by atoms with van der Waals surface area (Å²) in [6.45, 7) is 1.09. The lowest BCUT2D eigenvalue weighted by Gasteiger charge is -2.23. The molecule has 2 N–H and O–H groups in total. The van der Waals surface area contributed by atoms with Crippen molar-refractivity contribution < 1.29 is 18.3 Å². The monoisotopic (exact) mass is 324 g/mol. The van der Waals surface area contributed by atoms with Crippen molar-refractivity contribution in [2.75, 3.05) is 13.1 Å². The van der Waals surface area contributed by atoms with Crippen LogP contribution in [0.3, 0.4) is 0 Å². The second-order valence-corrected chi connectivity index (χ2v) is 6.91. The quantitative estimate of drug-likeness (QED) is 0.740. The lowest BCUT2D eigenvalue weighted by atomic mass is 10.1. The van der Waals surface area contributed by atoms with Gasteiger partial charge in [-0.2, -0.15) is 17.4 Å². The summed E-state index contributed by atoms with van der Waals surface area (Å²) >= 11 is 0. The van der Waals surface area contributed by atoms with Crippen LogP contribution >= 0.6 is 0 Å². The van der Waals surface area contributed by atoms with Gasteiger partial charge in [0.2, 0.25) is 0 Å². The van der Waals surface area contributed by atoms with E-state index in [0.717, 1.165) is 17.5 Å². The van der Waals surface area contributed by atoms with Crippen LogP contribution in [-0.2, 0) is 28.0 Å². The molecule has 1 aliphatic rings. The summed E-state index contributed by atoms with van der Waals surface area (Å²) in [5.74, 6) is -0.843. The fourth-order valence-corrected chi connectivity index (χ4v) is 3.41. The van der Waals surface area contributed by atoms with E-state index in [1.54, 1.807) is 0 Å². The SMILES string of the molecule is O=C(O)CCc1cccc(CNS(=O)(=O)N2CC=CCC2)c1. The highest BCUT2D eigenvalue weighted by Crippen LogP contribution is 2.10. The number of benzene rings is 1. The fraction of sp³-hybridized carbons (Fsp3) is 0.400. The molecule has 1 aromatic carbocycles. The third-order valence-corrected chi connectivity index (χ3v) is 4.96. The predicted octanol–water partition coefficient (Wildman–Crippen LogP) is 1.30. The molecule has 0 spiro atoms. The van der Waals surface area contributed by atoms with Crippen LogP contribution < -0.4 is 4.72 Å². The molecule has 120 valence electrons. The molecule has 0 aromatic heterocycles. The predicted molar refractivity (Wildman–Crippen MR) is 83.5 cm³/mol. The minimum Gasteiger partial charge on any atom is -0.481 e. The summed E-state index contributed by atoms with van der Waals surface area (Å²) in [6, 6.07) is 7.31. The van der Waals surface area contributed by atoms with Crippen molar-refractivity contribution in [1.82, 2.24) is 9.03 Å². The number of hydrogen-bond donors (Lipinski definition) is 2. The zero-order chi connectivity index (χ0) is 16.0. The molecule has 0 aliphatic carbocycles. The van der Waals surface area contributed by atoms with E-state index in [-0.39, 0.29) is 13.0 Å². The topological polar surface area (TPSA) is 86.7 Å². The minimum atomic E-state index is -3.48. The molecule has 22 heavy (non-hydrogen) atoms. The molecule has 0 saturated heterocycles. The highest BCUT2D eigenvalue weighted by Gasteiger charge is 2.21. The van der Waals surface area contributed by atoms with Crippen molar-refractivity contribution in [1.29, 1.82) is 0 Å². The van der Waals surface area contributed by atoms with Crippen molar-refractivity contribution in [2.24, 2.45) is 0 Å². The molecule has 0 atom stereocenters. The molecule has 6 nitrogen and oxygen atoms in total. The highest BCUT2D eigenvalue weighted by atomic mass is 32.2. The van der Waals surface area contributed by atoms with Gasteiger partial charge in [-0.1, -0.05) is 36.4 Å². The summed E-state index contributed by atoms with van der Waals surface area (Å²) in [7, 11) is -3.48. The molecule has 1 aliphatic heterocycles. The number of nitrogens with one attached hydrogen (secondary N) is 1. The molecule has 0 bridgehead atoms. The van der Waals surface area contributed by atoms with E-state index in [0.29, 0.717) is 19.5 Å². The van der Waals surface area contributed by atoms with Gasteiger partial charge in [-0.05, 0) is 24.0 Å². The number of carbonyl (C=O) groups is 1. The number of hydrogen-bond acceptors (Lipinski definition) is 3. The number of aryl methyl sites for hydroxylation is 1. The van der Waals surface area contributed by atoms with Crippen LogP contribution in [0.2, 0.25) is 0 Å². The molecular weight excluding hydrogens is 304 g/mol. The number of aliphatic carboxylic acids is 1. The van der Waals surface area contributed by atoms with Crippen molar-refractivity contribution in [3.63, 3.8) is 0 Å². The van der Waals surface area contributed by atoms with E-state index >= 15 is 0 Å². The van der Waals surface area contributed by atoms with E-state index in [2.05, 4.69) is 4.72 Å². The molecule has 0 unspecified atom stereocenters. The van der Waals surface area contributed by atoms with E-state index in [1.807, 2.05) is 36.4 Å². The average molecular weight is 324 g/mol. The van der Waals surface area contributed by atoms with Gasteiger partial charge in [0.05, 0.1) is 0 Å². The largest absolute Gasteiger partial charge is 0.481 e. The molecule has 0 radical (unpaired) electrons. The van der Waals surface area contributed by atoms with Crippen LogP contribution in [0.5, 0.6) is 0 Å². The van der Waals surface area contributed by atoms with E-state index < -0.39 is 16.2 Å². The van der Waals surface area contributed by atoms with Crippen molar-refractivity contribution >= 4 is 16.2 Å². The van der Waals surface area contributed by atoms with Crippen LogP contribution in [0, 0.1) is 0 Å². The lowest BCUT2D eigenvalue weighted by molar-refractivity contribution is -0.136. The van der Waals surface area contributed by atoms with Crippen molar-refractivity contribution in [2.45, 2.75) is 25.8 Å². The molecule has 0 fully saturated rings. The summed E-state index contributed by atoms with van der Waals surface area (Å²) in [6.07, 6.45) is 5.04. The first kappa shape index (κ1) is 16.7. The molecule has 1 heterocycles. The maximum absolute atomic E-state index is 12.2. The molecule has 1 aromatic rings. The van der Waals surface area contributed by atoms with Crippen LogP contribution in [0.25, 0.3) is 0 Å². The number of carboxylic acids is 1. The third kappa shape index (κ3) is 4.94.